The molecule has 0 bridgehead atoms. The third kappa shape index (κ3) is 3.59. The molecule has 4 aromatic rings. The number of thiophene rings is 1. The minimum Gasteiger partial charge on any atom is -0.408 e. The highest BCUT2D eigenvalue weighted by molar-refractivity contribution is 7.89. The molecule has 1 aliphatic heterocycles. The van der Waals surface area contributed by atoms with Crippen LogP contribution in [0, 0.1) is 5.92 Å². The van der Waals surface area contributed by atoms with Crippen LogP contribution in [0.1, 0.15) is 18.7 Å². The van der Waals surface area contributed by atoms with Crippen molar-refractivity contribution in [3.05, 3.63) is 51.5 Å². The molecule has 0 radical (unpaired) electrons. The molecule has 4 heterocycles. The second-order valence-corrected chi connectivity index (χ2v) is 9.99. The lowest BCUT2D eigenvalue weighted by Crippen LogP contribution is -2.40. The van der Waals surface area contributed by atoms with Crippen LogP contribution in [0.4, 0.5) is 0 Å². The van der Waals surface area contributed by atoms with Gasteiger partial charge in [0.25, 0.3) is 0 Å². The minimum atomic E-state index is -3.70. The van der Waals surface area contributed by atoms with Gasteiger partial charge in [-0.25, -0.2) is 13.2 Å². The number of aromatic amines is 1. The summed E-state index contributed by atoms with van der Waals surface area (Å²) in [6, 6.07) is 6.32. The van der Waals surface area contributed by atoms with Gasteiger partial charge in [-0.3, -0.25) is 4.98 Å². The Balaban J connectivity index is 1.33. The van der Waals surface area contributed by atoms with Gasteiger partial charge in [-0.15, -0.1) is 0 Å². The molecular formula is C19H18N4O5S2. The first-order valence-electron chi connectivity index (χ1n) is 9.47. The Bertz CT molecular complexity index is 1340. The molecule has 0 saturated carbocycles. The lowest BCUT2D eigenvalue weighted by molar-refractivity contribution is 0.247. The van der Waals surface area contributed by atoms with E-state index in [4.69, 9.17) is 8.94 Å². The molecule has 1 N–H and O–H groups in total. The van der Waals surface area contributed by atoms with Gasteiger partial charge in [0, 0.05) is 30.5 Å². The fraction of sp³-hybridized carbons (Fsp3) is 0.316. The molecule has 5 rings (SSSR count). The van der Waals surface area contributed by atoms with Crippen molar-refractivity contribution in [2.75, 3.05) is 13.1 Å². The smallest absolute Gasteiger partial charge is 0.408 e. The second kappa shape index (κ2) is 7.49. The lowest BCUT2D eigenvalue weighted by atomic mass is 9.96. The Morgan fingerprint density at radius 3 is 3.03 bits per heavy atom. The molecule has 11 heteroatoms. The summed E-state index contributed by atoms with van der Waals surface area (Å²) < 4.78 is 38.1. The highest BCUT2D eigenvalue weighted by Gasteiger charge is 2.31. The maximum absolute atomic E-state index is 13.1. The van der Waals surface area contributed by atoms with E-state index in [1.807, 2.05) is 16.8 Å². The molecule has 0 unspecified atom stereocenters. The first-order chi connectivity index (χ1) is 14.5. The number of hydrogen-bond acceptors (Lipinski definition) is 8. The van der Waals surface area contributed by atoms with Crippen molar-refractivity contribution in [3.8, 4) is 11.4 Å². The van der Waals surface area contributed by atoms with Gasteiger partial charge < -0.3 is 8.94 Å². The quantitative estimate of drug-likeness (QED) is 0.500. The Labute approximate surface area is 175 Å². The first-order valence-corrected chi connectivity index (χ1v) is 11.9. The monoisotopic (exact) mass is 446 g/mol. The fourth-order valence-corrected chi connectivity index (χ4v) is 5.96. The molecule has 156 valence electrons. The second-order valence-electron chi connectivity index (χ2n) is 7.27. The van der Waals surface area contributed by atoms with Crippen LogP contribution in [-0.2, 0) is 16.4 Å². The number of rotatable bonds is 5. The molecule has 30 heavy (non-hydrogen) atoms. The number of nitrogens with zero attached hydrogens (tertiary/aromatic N) is 3. The maximum atomic E-state index is 13.1. The molecular weight excluding hydrogens is 428 g/mol. The molecule has 3 aromatic heterocycles. The van der Waals surface area contributed by atoms with Crippen molar-refractivity contribution in [1.82, 2.24) is 19.4 Å². The SMILES string of the molecule is O=c1[nH]c2cc(S(=O)(=O)N3CCC[C@H](Cc4nc(-c5ccsc5)no4)C3)ccc2o1. The first kappa shape index (κ1) is 19.2. The standard InChI is InChI=1S/C19H18N4O5S2/c24-19-20-15-9-14(3-4-16(15)27-19)30(25,26)23-6-1-2-12(10-23)8-17-21-18(22-28-17)13-5-7-29-11-13/h3-5,7,9,11-12H,1-2,6,8,10H2,(H,20,24)/t12-/m1/s1. The minimum absolute atomic E-state index is 0.0850. The van der Waals surface area contributed by atoms with Crippen LogP contribution in [0.15, 0.2) is 53.7 Å². The number of hydrogen-bond donors (Lipinski definition) is 1. The van der Waals surface area contributed by atoms with Crippen molar-refractivity contribution in [3.63, 3.8) is 0 Å². The van der Waals surface area contributed by atoms with Crippen molar-refractivity contribution >= 4 is 32.5 Å². The third-order valence-corrected chi connectivity index (χ3v) is 7.77. The van der Waals surface area contributed by atoms with Crippen LogP contribution in [0.5, 0.6) is 0 Å². The summed E-state index contributed by atoms with van der Waals surface area (Å²) >= 11 is 1.56. The fourth-order valence-electron chi connectivity index (χ4n) is 3.75. The van der Waals surface area contributed by atoms with Crippen molar-refractivity contribution < 1.29 is 17.4 Å². The van der Waals surface area contributed by atoms with Gasteiger partial charge in [0.2, 0.25) is 21.7 Å². The third-order valence-electron chi connectivity index (χ3n) is 5.22. The van der Waals surface area contributed by atoms with Gasteiger partial charge in [0.1, 0.15) is 0 Å². The summed E-state index contributed by atoms with van der Waals surface area (Å²) in [5.74, 6) is 0.535. The largest absolute Gasteiger partial charge is 0.417 e. The molecule has 1 saturated heterocycles. The van der Waals surface area contributed by atoms with Crippen molar-refractivity contribution in [2.24, 2.45) is 5.92 Å². The summed E-state index contributed by atoms with van der Waals surface area (Å²) in [7, 11) is -3.70. The van der Waals surface area contributed by atoms with Gasteiger partial charge in [-0.2, -0.15) is 20.6 Å². The molecule has 1 fully saturated rings. The van der Waals surface area contributed by atoms with E-state index in [2.05, 4.69) is 15.1 Å². The van der Waals surface area contributed by atoms with E-state index in [1.54, 1.807) is 11.3 Å². The number of aromatic nitrogens is 3. The number of fused-ring (bicyclic) bond motifs is 1. The molecule has 0 spiro atoms. The number of oxazole rings is 1. The Morgan fingerprint density at radius 2 is 2.20 bits per heavy atom. The van der Waals surface area contributed by atoms with E-state index < -0.39 is 15.8 Å². The van der Waals surface area contributed by atoms with Gasteiger partial charge in [0.05, 0.1) is 10.4 Å². The maximum Gasteiger partial charge on any atom is 0.417 e. The average molecular weight is 447 g/mol. The van der Waals surface area contributed by atoms with Gasteiger partial charge in [-0.1, -0.05) is 5.16 Å². The van der Waals surface area contributed by atoms with E-state index in [0.29, 0.717) is 42.3 Å². The summed E-state index contributed by atoms with van der Waals surface area (Å²) in [5, 5.41) is 7.92. The number of sulfonamides is 1. The van der Waals surface area contributed by atoms with Gasteiger partial charge >= 0.3 is 5.76 Å². The molecule has 9 nitrogen and oxygen atoms in total. The highest BCUT2D eigenvalue weighted by atomic mass is 32.2. The molecule has 1 aliphatic rings. The van der Waals surface area contributed by atoms with Crippen LogP contribution in [0.25, 0.3) is 22.5 Å². The van der Waals surface area contributed by atoms with E-state index in [1.165, 1.54) is 22.5 Å². The van der Waals surface area contributed by atoms with Gasteiger partial charge in [0.15, 0.2) is 5.58 Å². The normalized spacial score (nSPS) is 18.2. The Hall–Kier alpha value is -2.76. The molecule has 0 aliphatic carbocycles. The predicted molar refractivity (Wildman–Crippen MR) is 110 cm³/mol. The number of H-pyrrole nitrogens is 1. The van der Waals surface area contributed by atoms with Crippen LogP contribution in [0.2, 0.25) is 0 Å². The van der Waals surface area contributed by atoms with Crippen molar-refractivity contribution in [1.29, 1.82) is 0 Å². The van der Waals surface area contributed by atoms with E-state index in [9.17, 15) is 13.2 Å². The predicted octanol–water partition coefficient (Wildman–Crippen LogP) is 2.88. The van der Waals surface area contributed by atoms with Crippen LogP contribution < -0.4 is 5.76 Å². The zero-order valence-corrected chi connectivity index (χ0v) is 17.4. The molecule has 1 aromatic carbocycles. The lowest BCUT2D eigenvalue weighted by Gasteiger charge is -2.31. The Kier molecular flexibility index (Phi) is 4.80. The zero-order valence-electron chi connectivity index (χ0n) is 15.8. The van der Waals surface area contributed by atoms with Crippen molar-refractivity contribution in [2.45, 2.75) is 24.2 Å². The van der Waals surface area contributed by atoms with E-state index >= 15 is 0 Å². The van der Waals surface area contributed by atoms with Crippen LogP contribution >= 0.6 is 11.3 Å². The summed E-state index contributed by atoms with van der Waals surface area (Å²) in [6.07, 6.45) is 2.16. The zero-order chi connectivity index (χ0) is 20.7. The van der Waals surface area contributed by atoms with Gasteiger partial charge in [-0.05, 0) is 48.4 Å². The number of nitrogens with one attached hydrogen (secondary N) is 1. The topological polar surface area (TPSA) is 122 Å². The number of piperidine rings is 1. The van der Waals surface area contributed by atoms with E-state index in [0.717, 1.165) is 18.4 Å². The van der Waals surface area contributed by atoms with E-state index in [-0.39, 0.29) is 10.8 Å². The molecule has 0 amide bonds. The Morgan fingerprint density at radius 1 is 1.30 bits per heavy atom. The molecule has 1 atom stereocenters. The average Bonchev–Trinajstić information content (AvgIpc) is 3.47. The summed E-state index contributed by atoms with van der Waals surface area (Å²) in [4.78, 5) is 18.4. The van der Waals surface area contributed by atoms with Crippen LogP contribution in [0.3, 0.4) is 0 Å². The number of benzene rings is 1. The highest BCUT2D eigenvalue weighted by Crippen LogP contribution is 2.28. The van der Waals surface area contributed by atoms with Crippen LogP contribution in [-0.4, -0.2) is 40.9 Å². The summed E-state index contributed by atoms with van der Waals surface area (Å²) in [5.41, 5.74) is 1.60. The summed E-state index contributed by atoms with van der Waals surface area (Å²) in [6.45, 7) is 0.821.